The van der Waals surface area contributed by atoms with Gasteiger partial charge >= 0.3 is 0 Å². The Labute approximate surface area is 205 Å². The van der Waals surface area contributed by atoms with Crippen LogP contribution in [0.4, 0.5) is 0 Å². The molecule has 2 aromatic rings. The number of hydrogen-bond acceptors (Lipinski definition) is 4. The highest BCUT2D eigenvalue weighted by atomic mass is 35.5. The molecule has 0 unspecified atom stereocenters. The molecule has 6 nitrogen and oxygen atoms in total. The zero-order valence-electron chi connectivity index (χ0n) is 19.1. The number of hydrogen-bond donors (Lipinski definition) is 2. The smallest absolute Gasteiger partial charge is 0.238 e. The van der Waals surface area contributed by atoms with Crippen molar-refractivity contribution in [3.05, 3.63) is 58.8 Å². The number of nitrogens with one attached hydrogen (secondary N) is 2. The van der Waals surface area contributed by atoms with Gasteiger partial charge in [-0.2, -0.15) is 0 Å². The number of amidine groups is 1. The number of aryl methyl sites for hydroxylation is 1. The number of aromatic nitrogens is 1. The number of carbonyl (C=O) groups is 1. The van der Waals surface area contributed by atoms with Crippen LogP contribution in [0.1, 0.15) is 41.6 Å². The zero-order chi connectivity index (χ0) is 23.2. The zero-order valence-corrected chi connectivity index (χ0v) is 20.7. The van der Waals surface area contributed by atoms with Gasteiger partial charge in [0.15, 0.2) is 0 Å². The first kappa shape index (κ1) is 23.9. The van der Waals surface area contributed by atoms with Gasteiger partial charge in [0.2, 0.25) is 5.91 Å². The van der Waals surface area contributed by atoms with Crippen LogP contribution >= 0.6 is 23.5 Å². The van der Waals surface area contributed by atoms with Crippen LogP contribution in [0.5, 0.6) is 0 Å². The Bertz CT molecular complexity index is 997. The minimum absolute atomic E-state index is 0.143. The van der Waals surface area contributed by atoms with E-state index in [9.17, 15) is 4.79 Å². The van der Waals surface area contributed by atoms with Gasteiger partial charge in [0.25, 0.3) is 0 Å². The Kier molecular flexibility index (Phi) is 8.17. The van der Waals surface area contributed by atoms with Gasteiger partial charge in [-0.3, -0.25) is 10.2 Å². The predicted molar refractivity (Wildman–Crippen MR) is 137 cm³/mol. The molecule has 2 N–H and O–H groups in total. The Hall–Kier alpha value is -2.22. The Morgan fingerprint density at radius 2 is 1.91 bits per heavy atom. The Morgan fingerprint density at radius 3 is 2.61 bits per heavy atom. The van der Waals surface area contributed by atoms with Crippen molar-refractivity contribution in [1.29, 1.82) is 5.41 Å². The number of benzene rings is 1. The summed E-state index contributed by atoms with van der Waals surface area (Å²) in [5.41, 5.74) is 4.28. The minimum atomic E-state index is 0.143. The summed E-state index contributed by atoms with van der Waals surface area (Å²) in [6.07, 6.45) is 7.55. The molecule has 2 fully saturated rings. The maximum atomic E-state index is 12.8. The topological polar surface area (TPSA) is 66.4 Å². The maximum absolute atomic E-state index is 12.8. The average molecular weight is 486 g/mol. The molecule has 0 bridgehead atoms. The van der Waals surface area contributed by atoms with Gasteiger partial charge in [0.05, 0.1) is 11.6 Å². The number of rotatable bonds is 7. The number of alkyl halides is 1. The molecule has 2 aliphatic rings. The van der Waals surface area contributed by atoms with Crippen molar-refractivity contribution in [3.8, 4) is 0 Å². The van der Waals surface area contributed by atoms with Crippen LogP contribution in [0.2, 0.25) is 0 Å². The van der Waals surface area contributed by atoms with Crippen molar-refractivity contribution in [2.45, 2.75) is 37.8 Å². The number of aromatic amines is 1. The molecule has 0 saturated carbocycles. The molecule has 33 heavy (non-hydrogen) atoms. The van der Waals surface area contributed by atoms with Gasteiger partial charge < -0.3 is 14.8 Å². The first-order chi connectivity index (χ1) is 16.0. The summed E-state index contributed by atoms with van der Waals surface area (Å²) in [4.78, 5) is 20.3. The first-order valence-electron chi connectivity index (χ1n) is 11.6. The molecule has 176 valence electrons. The third-order valence-corrected chi connectivity index (χ3v) is 7.37. The van der Waals surface area contributed by atoms with E-state index in [0.717, 1.165) is 47.0 Å². The third-order valence-electron chi connectivity index (χ3n) is 6.20. The largest absolute Gasteiger partial charge is 0.357 e. The lowest BCUT2D eigenvalue weighted by atomic mass is 10.1. The molecule has 0 radical (unpaired) electrons. The van der Waals surface area contributed by atoms with Crippen molar-refractivity contribution >= 4 is 41.4 Å². The Balaban J connectivity index is 1.29. The summed E-state index contributed by atoms with van der Waals surface area (Å²) < 4.78 is 2.11. The number of H-pyrrole nitrogens is 1. The summed E-state index contributed by atoms with van der Waals surface area (Å²) in [7, 11) is 0. The number of piperazine rings is 1. The molecular formula is C25H32ClN5OS. The quantitative estimate of drug-likeness (QED) is 0.257. The number of likely N-dealkylation sites (tertiary alicyclic amines) is 1. The molecule has 0 atom stereocenters. The molecule has 0 aliphatic carbocycles. The van der Waals surface area contributed by atoms with E-state index in [4.69, 9.17) is 17.0 Å². The van der Waals surface area contributed by atoms with E-state index in [1.807, 2.05) is 36.1 Å². The summed E-state index contributed by atoms with van der Waals surface area (Å²) in [5.74, 6) is 1.25. The van der Waals surface area contributed by atoms with Crippen LogP contribution in [-0.2, 0) is 11.3 Å². The van der Waals surface area contributed by atoms with Gasteiger partial charge in [-0.05, 0) is 55.3 Å². The van der Waals surface area contributed by atoms with Crippen LogP contribution in [-0.4, -0.2) is 69.4 Å². The SMILES string of the molecule is Cc1[nH]c(SN2CCN(Cc3ccc(C(=N)N4CCCCC4)cc3)C(=O)C2)cc1/C=C\CCl. The van der Waals surface area contributed by atoms with Gasteiger partial charge in [-0.15, -0.1) is 11.6 Å². The first-order valence-corrected chi connectivity index (χ1v) is 12.9. The third kappa shape index (κ3) is 6.22. The number of halogens is 1. The van der Waals surface area contributed by atoms with E-state index in [1.54, 1.807) is 11.9 Å². The number of piperidine rings is 1. The predicted octanol–water partition coefficient (Wildman–Crippen LogP) is 4.74. The summed E-state index contributed by atoms with van der Waals surface area (Å²) in [5, 5.41) is 9.52. The lowest BCUT2D eigenvalue weighted by Gasteiger charge is -2.33. The fraction of sp³-hybridized carbons (Fsp3) is 0.440. The summed E-state index contributed by atoms with van der Waals surface area (Å²) >= 11 is 7.34. The highest BCUT2D eigenvalue weighted by Crippen LogP contribution is 2.27. The van der Waals surface area contributed by atoms with Crippen molar-refractivity contribution in [2.24, 2.45) is 0 Å². The van der Waals surface area contributed by atoms with E-state index < -0.39 is 0 Å². The second-order valence-electron chi connectivity index (χ2n) is 8.63. The van der Waals surface area contributed by atoms with E-state index >= 15 is 0 Å². The van der Waals surface area contributed by atoms with Crippen LogP contribution < -0.4 is 0 Å². The van der Waals surface area contributed by atoms with Crippen molar-refractivity contribution in [1.82, 2.24) is 19.1 Å². The van der Waals surface area contributed by atoms with Crippen LogP contribution in [0, 0.1) is 12.3 Å². The lowest BCUT2D eigenvalue weighted by Crippen LogP contribution is -2.47. The highest BCUT2D eigenvalue weighted by molar-refractivity contribution is 7.97. The molecule has 1 aromatic carbocycles. The second-order valence-corrected chi connectivity index (χ2v) is 10.1. The van der Waals surface area contributed by atoms with Crippen molar-refractivity contribution in [2.75, 3.05) is 38.6 Å². The average Bonchev–Trinajstić information content (AvgIpc) is 3.18. The van der Waals surface area contributed by atoms with Crippen LogP contribution in [0.3, 0.4) is 0 Å². The molecule has 2 aliphatic heterocycles. The second kappa shape index (κ2) is 11.3. The van der Waals surface area contributed by atoms with Crippen molar-refractivity contribution in [3.63, 3.8) is 0 Å². The number of nitrogens with zero attached hydrogens (tertiary/aromatic N) is 3. The van der Waals surface area contributed by atoms with Crippen molar-refractivity contribution < 1.29 is 4.79 Å². The van der Waals surface area contributed by atoms with Crippen LogP contribution in [0.15, 0.2) is 41.4 Å². The van der Waals surface area contributed by atoms with E-state index in [0.29, 0.717) is 31.3 Å². The van der Waals surface area contributed by atoms with Crippen LogP contribution in [0.25, 0.3) is 6.08 Å². The number of allylic oxidation sites excluding steroid dienone is 1. The monoisotopic (exact) mass is 485 g/mol. The van der Waals surface area contributed by atoms with Gasteiger partial charge in [-0.1, -0.05) is 36.4 Å². The van der Waals surface area contributed by atoms with E-state index in [-0.39, 0.29) is 5.91 Å². The molecule has 2 saturated heterocycles. The molecular weight excluding hydrogens is 454 g/mol. The minimum Gasteiger partial charge on any atom is -0.357 e. The lowest BCUT2D eigenvalue weighted by molar-refractivity contribution is -0.134. The number of carbonyl (C=O) groups excluding carboxylic acids is 1. The summed E-state index contributed by atoms with van der Waals surface area (Å²) in [6, 6.07) is 10.3. The fourth-order valence-corrected chi connectivity index (χ4v) is 5.39. The van der Waals surface area contributed by atoms with E-state index in [1.165, 1.54) is 19.3 Å². The molecule has 3 heterocycles. The molecule has 1 aromatic heterocycles. The van der Waals surface area contributed by atoms with Gasteiger partial charge in [0.1, 0.15) is 5.84 Å². The fourth-order valence-electron chi connectivity index (χ4n) is 4.30. The molecule has 1 amide bonds. The normalized spacial score (nSPS) is 17.8. The molecule has 0 spiro atoms. The molecule has 4 rings (SSSR count). The number of amides is 1. The van der Waals surface area contributed by atoms with Gasteiger partial charge in [-0.25, -0.2) is 4.31 Å². The molecule has 8 heteroatoms. The highest BCUT2D eigenvalue weighted by Gasteiger charge is 2.25. The standard InChI is InChI=1S/C25H32ClN5OS/c1-19-22(6-5-11-26)16-23(28-19)33-31-15-14-30(24(32)18-31)17-20-7-9-21(10-8-20)25(27)29-12-3-2-4-13-29/h5-10,16,27-28H,2-4,11-15,17-18H2,1H3/b6-5-,27-25?. The maximum Gasteiger partial charge on any atom is 0.238 e. The summed E-state index contributed by atoms with van der Waals surface area (Å²) in [6.45, 7) is 6.53. The van der Waals surface area contributed by atoms with E-state index in [2.05, 4.69) is 32.4 Å². The van der Waals surface area contributed by atoms with Gasteiger partial charge in [0, 0.05) is 49.9 Å². The Morgan fingerprint density at radius 1 is 1.15 bits per heavy atom.